The van der Waals surface area contributed by atoms with Crippen LogP contribution in [0.1, 0.15) is 19.6 Å². The number of hydrogen-bond donors (Lipinski definition) is 1. The molecule has 0 amide bonds. The molecular formula is C30H22F3N5O3. The Labute approximate surface area is 230 Å². The zero-order chi connectivity index (χ0) is 28.8. The summed E-state index contributed by atoms with van der Waals surface area (Å²) >= 11 is 0. The first-order chi connectivity index (χ1) is 19.7. The van der Waals surface area contributed by atoms with Gasteiger partial charge >= 0.3 is 0 Å². The van der Waals surface area contributed by atoms with E-state index in [9.17, 15) is 18.0 Å². The van der Waals surface area contributed by atoms with E-state index in [-0.39, 0.29) is 63.4 Å². The second kappa shape index (κ2) is 10.1. The third-order valence-electron chi connectivity index (χ3n) is 6.47. The molecular weight excluding hydrogens is 535 g/mol. The molecule has 8 nitrogen and oxygen atoms in total. The largest absolute Gasteiger partial charge is 0.488 e. The highest BCUT2D eigenvalue weighted by Crippen LogP contribution is 2.34. The van der Waals surface area contributed by atoms with Crippen LogP contribution in [0.4, 0.5) is 19.0 Å². The van der Waals surface area contributed by atoms with E-state index in [0.717, 1.165) is 6.07 Å². The van der Waals surface area contributed by atoms with E-state index in [1.807, 2.05) is 0 Å². The molecule has 0 atom stereocenters. The summed E-state index contributed by atoms with van der Waals surface area (Å²) < 4.78 is 56.8. The monoisotopic (exact) mass is 557 g/mol. The molecule has 0 fully saturated rings. The van der Waals surface area contributed by atoms with Crippen molar-refractivity contribution in [2.24, 2.45) is 0 Å². The molecule has 3 aromatic carbocycles. The number of hydrogen-bond acceptors (Lipinski definition) is 7. The maximum absolute atomic E-state index is 14.9. The second-order valence-electron chi connectivity index (χ2n) is 9.63. The van der Waals surface area contributed by atoms with E-state index < -0.39 is 22.9 Å². The van der Waals surface area contributed by atoms with E-state index in [1.165, 1.54) is 59.5 Å². The van der Waals surface area contributed by atoms with Crippen LogP contribution in [0.2, 0.25) is 0 Å². The SMILES string of the molecule is CC(C)Oc1ccc(-c2nn(Cc3oc4cccc(F)c4c(=O)c3-c3cccc(F)c3)c3ncnc(N)c23)cc1F. The van der Waals surface area contributed by atoms with E-state index in [4.69, 9.17) is 14.9 Å². The minimum Gasteiger partial charge on any atom is -0.488 e. The van der Waals surface area contributed by atoms with Crippen molar-refractivity contribution in [1.82, 2.24) is 19.7 Å². The summed E-state index contributed by atoms with van der Waals surface area (Å²) in [6.07, 6.45) is 1.02. The molecule has 41 heavy (non-hydrogen) atoms. The Morgan fingerprint density at radius 1 is 0.951 bits per heavy atom. The molecule has 0 saturated heterocycles. The van der Waals surface area contributed by atoms with Gasteiger partial charge in [-0.2, -0.15) is 5.10 Å². The number of nitrogens with two attached hydrogens (primary N) is 1. The summed E-state index contributed by atoms with van der Waals surface area (Å²) in [6, 6.07) is 13.8. The van der Waals surface area contributed by atoms with E-state index in [1.54, 1.807) is 19.9 Å². The molecule has 6 aromatic rings. The van der Waals surface area contributed by atoms with Gasteiger partial charge in [0.25, 0.3) is 0 Å². The van der Waals surface area contributed by atoms with Crippen molar-refractivity contribution in [3.8, 4) is 28.1 Å². The fraction of sp³-hybridized carbons (Fsp3) is 0.133. The molecule has 0 spiro atoms. The molecule has 3 aromatic heterocycles. The minimum absolute atomic E-state index is 0.0128. The number of benzene rings is 3. The molecule has 0 unspecified atom stereocenters. The third-order valence-corrected chi connectivity index (χ3v) is 6.47. The molecule has 3 heterocycles. The van der Waals surface area contributed by atoms with Gasteiger partial charge < -0.3 is 14.9 Å². The average molecular weight is 558 g/mol. The van der Waals surface area contributed by atoms with Gasteiger partial charge in [0.2, 0.25) is 5.43 Å². The molecule has 2 N–H and O–H groups in total. The fourth-order valence-electron chi connectivity index (χ4n) is 4.77. The number of nitrogen functional groups attached to an aromatic ring is 1. The molecule has 0 aliphatic heterocycles. The standard InChI is InChI=1S/C30H22F3N5O3/c1-15(2)40-21-10-9-17(12-20(21)33)27-26-29(34)35-14-36-30(26)38(37-27)13-23-24(16-5-3-6-18(31)11-16)28(39)25-19(32)7-4-8-22(25)41-23/h3-12,14-15H,13H2,1-2H3,(H2,34,35,36). The number of fused-ring (bicyclic) bond motifs is 2. The van der Waals surface area contributed by atoms with Gasteiger partial charge in [0.05, 0.1) is 17.1 Å². The van der Waals surface area contributed by atoms with Crippen LogP contribution in [0.3, 0.4) is 0 Å². The van der Waals surface area contributed by atoms with Crippen molar-refractivity contribution in [3.05, 3.63) is 100 Å². The number of anilines is 1. The Morgan fingerprint density at radius 2 is 1.76 bits per heavy atom. The lowest BCUT2D eigenvalue weighted by Crippen LogP contribution is -2.14. The van der Waals surface area contributed by atoms with Crippen molar-refractivity contribution in [2.75, 3.05) is 5.73 Å². The van der Waals surface area contributed by atoms with Gasteiger partial charge in [-0.15, -0.1) is 0 Å². The molecule has 0 radical (unpaired) electrons. The normalized spacial score (nSPS) is 11.6. The predicted molar refractivity (Wildman–Crippen MR) is 148 cm³/mol. The lowest BCUT2D eigenvalue weighted by atomic mass is 10.0. The van der Waals surface area contributed by atoms with Gasteiger partial charge in [-0.3, -0.25) is 4.79 Å². The van der Waals surface area contributed by atoms with Crippen LogP contribution < -0.4 is 15.9 Å². The van der Waals surface area contributed by atoms with Crippen LogP contribution in [-0.2, 0) is 6.54 Å². The minimum atomic E-state index is -0.764. The summed E-state index contributed by atoms with van der Waals surface area (Å²) in [4.78, 5) is 22.0. The number of halogens is 3. The Hall–Kier alpha value is -5.19. The number of aromatic nitrogens is 4. The molecule has 6 rings (SSSR count). The topological polar surface area (TPSA) is 109 Å². The highest BCUT2D eigenvalue weighted by molar-refractivity contribution is 5.98. The van der Waals surface area contributed by atoms with Gasteiger partial charge in [0.15, 0.2) is 17.2 Å². The maximum atomic E-state index is 14.9. The summed E-state index contributed by atoms with van der Waals surface area (Å²) in [6.45, 7) is 3.41. The van der Waals surface area contributed by atoms with Crippen molar-refractivity contribution >= 4 is 27.8 Å². The van der Waals surface area contributed by atoms with Crippen molar-refractivity contribution < 1.29 is 22.3 Å². The predicted octanol–water partition coefficient (Wildman–Crippen LogP) is 6.10. The van der Waals surface area contributed by atoms with Crippen molar-refractivity contribution in [2.45, 2.75) is 26.5 Å². The fourth-order valence-corrected chi connectivity index (χ4v) is 4.77. The van der Waals surface area contributed by atoms with E-state index in [2.05, 4.69) is 15.1 Å². The molecule has 206 valence electrons. The summed E-state index contributed by atoms with van der Waals surface area (Å²) in [5.41, 5.74) is 6.67. The average Bonchev–Trinajstić information content (AvgIpc) is 3.29. The summed E-state index contributed by atoms with van der Waals surface area (Å²) in [7, 11) is 0. The number of nitrogens with zero attached hydrogens (tertiary/aromatic N) is 4. The lowest BCUT2D eigenvalue weighted by molar-refractivity contribution is 0.231. The molecule has 0 bridgehead atoms. The second-order valence-corrected chi connectivity index (χ2v) is 9.63. The van der Waals surface area contributed by atoms with Gasteiger partial charge in [0, 0.05) is 5.56 Å². The van der Waals surface area contributed by atoms with E-state index in [0.29, 0.717) is 10.9 Å². The molecule has 0 saturated carbocycles. The van der Waals surface area contributed by atoms with Gasteiger partial charge in [-0.1, -0.05) is 18.2 Å². The first kappa shape index (κ1) is 26.1. The highest BCUT2D eigenvalue weighted by atomic mass is 19.1. The van der Waals surface area contributed by atoms with Crippen LogP contribution in [0.15, 0.2) is 76.2 Å². The first-order valence-electron chi connectivity index (χ1n) is 12.6. The van der Waals surface area contributed by atoms with Crippen LogP contribution in [0.5, 0.6) is 5.75 Å². The highest BCUT2D eigenvalue weighted by Gasteiger charge is 2.23. The smallest absolute Gasteiger partial charge is 0.203 e. The summed E-state index contributed by atoms with van der Waals surface area (Å²) in [5.74, 6) is -1.67. The zero-order valence-electron chi connectivity index (χ0n) is 21.9. The van der Waals surface area contributed by atoms with Crippen LogP contribution >= 0.6 is 0 Å². The Balaban J connectivity index is 1.56. The zero-order valence-corrected chi connectivity index (χ0v) is 21.9. The third kappa shape index (κ3) is 4.65. The first-order valence-corrected chi connectivity index (χ1v) is 12.6. The number of ether oxygens (including phenoxy) is 1. The Bertz CT molecular complexity index is 2020. The van der Waals surface area contributed by atoms with Gasteiger partial charge in [0.1, 0.15) is 52.7 Å². The summed E-state index contributed by atoms with van der Waals surface area (Å²) in [5, 5.41) is 4.74. The van der Waals surface area contributed by atoms with Crippen molar-refractivity contribution in [1.29, 1.82) is 0 Å². The van der Waals surface area contributed by atoms with Crippen LogP contribution in [0, 0.1) is 17.5 Å². The van der Waals surface area contributed by atoms with Crippen LogP contribution in [0.25, 0.3) is 44.4 Å². The molecule has 11 heteroatoms. The Kier molecular flexibility index (Phi) is 6.41. The van der Waals surface area contributed by atoms with Gasteiger partial charge in [-0.05, 0) is 61.9 Å². The number of rotatable bonds is 6. The van der Waals surface area contributed by atoms with Crippen molar-refractivity contribution in [3.63, 3.8) is 0 Å². The molecule has 0 aliphatic rings. The quantitative estimate of drug-likeness (QED) is 0.264. The maximum Gasteiger partial charge on any atom is 0.203 e. The lowest BCUT2D eigenvalue weighted by Gasteiger charge is -2.12. The Morgan fingerprint density at radius 3 is 2.51 bits per heavy atom. The molecule has 0 aliphatic carbocycles. The van der Waals surface area contributed by atoms with E-state index >= 15 is 0 Å². The van der Waals surface area contributed by atoms with Gasteiger partial charge in [-0.25, -0.2) is 27.8 Å². The van der Waals surface area contributed by atoms with Crippen LogP contribution in [-0.4, -0.2) is 25.9 Å².